The normalized spacial score (nSPS) is 10.5. The monoisotopic (exact) mass is 355 g/mol. The Bertz CT molecular complexity index is 801. The summed E-state index contributed by atoms with van der Waals surface area (Å²) < 4.78 is 4.96. The minimum atomic E-state index is -0.384. The van der Waals surface area contributed by atoms with E-state index in [1.807, 2.05) is 6.92 Å². The van der Waals surface area contributed by atoms with E-state index in [0.29, 0.717) is 29.0 Å². The van der Waals surface area contributed by atoms with Gasteiger partial charge in [0, 0.05) is 17.7 Å². The molecule has 0 fully saturated rings. The van der Waals surface area contributed by atoms with Crippen LogP contribution in [0.15, 0.2) is 47.6 Å². The highest BCUT2D eigenvalue weighted by atomic mass is 16.5. The second kappa shape index (κ2) is 9.22. The molecule has 2 aromatic carbocycles. The quantitative estimate of drug-likeness (QED) is 0.525. The van der Waals surface area contributed by atoms with Gasteiger partial charge in [0.15, 0.2) is 11.5 Å². The maximum atomic E-state index is 12.1. The molecule has 3 N–H and O–H groups in total. The van der Waals surface area contributed by atoms with E-state index in [-0.39, 0.29) is 17.6 Å². The first-order valence-corrected chi connectivity index (χ1v) is 8.13. The zero-order valence-electron chi connectivity index (χ0n) is 14.7. The van der Waals surface area contributed by atoms with Gasteiger partial charge in [0.2, 0.25) is 5.91 Å². The minimum Gasteiger partial charge on any atom is -0.504 e. The van der Waals surface area contributed by atoms with Gasteiger partial charge in [-0.25, -0.2) is 5.43 Å². The molecule has 2 aromatic rings. The predicted molar refractivity (Wildman–Crippen MR) is 99.7 cm³/mol. The van der Waals surface area contributed by atoms with Gasteiger partial charge in [-0.15, -0.1) is 0 Å². The first kappa shape index (κ1) is 19.0. The second-order valence-electron chi connectivity index (χ2n) is 5.51. The molecule has 0 radical (unpaired) electrons. The Balaban J connectivity index is 1.93. The van der Waals surface area contributed by atoms with Crippen molar-refractivity contribution < 1.29 is 19.4 Å². The predicted octanol–water partition coefficient (Wildman–Crippen LogP) is 2.90. The lowest BCUT2D eigenvalue weighted by Gasteiger charge is -2.05. The standard InChI is InChI=1S/C19H21N3O4/c1-3-4-18(24)21-15-8-6-14(7-9-15)19(25)22-20-12-13-5-10-17(26-2)16(23)11-13/h5-12,23H,3-4H2,1-2H3,(H,21,24)(H,22,25)/b20-12+. The number of methoxy groups -OCH3 is 1. The van der Waals surface area contributed by atoms with E-state index in [1.54, 1.807) is 36.4 Å². The molecule has 26 heavy (non-hydrogen) atoms. The molecular formula is C19H21N3O4. The van der Waals surface area contributed by atoms with Gasteiger partial charge < -0.3 is 15.2 Å². The maximum absolute atomic E-state index is 12.1. The summed E-state index contributed by atoms with van der Waals surface area (Å²) in [5.74, 6) is -0.0942. The molecule has 0 unspecified atom stereocenters. The van der Waals surface area contributed by atoms with E-state index >= 15 is 0 Å². The van der Waals surface area contributed by atoms with E-state index in [0.717, 1.165) is 6.42 Å². The van der Waals surface area contributed by atoms with E-state index in [4.69, 9.17) is 4.74 Å². The van der Waals surface area contributed by atoms with E-state index < -0.39 is 0 Å². The summed E-state index contributed by atoms with van der Waals surface area (Å²) in [4.78, 5) is 23.6. The summed E-state index contributed by atoms with van der Waals surface area (Å²) in [5, 5.41) is 16.3. The fourth-order valence-electron chi connectivity index (χ4n) is 2.17. The van der Waals surface area contributed by atoms with Crippen molar-refractivity contribution in [1.29, 1.82) is 0 Å². The highest BCUT2D eigenvalue weighted by molar-refractivity contribution is 5.96. The third-order valence-electron chi connectivity index (χ3n) is 3.49. The summed E-state index contributed by atoms with van der Waals surface area (Å²) in [5.41, 5.74) is 4.06. The molecule has 7 nitrogen and oxygen atoms in total. The number of nitrogens with one attached hydrogen (secondary N) is 2. The van der Waals surface area contributed by atoms with E-state index in [2.05, 4.69) is 15.8 Å². The Kier molecular flexibility index (Phi) is 6.73. The molecule has 2 rings (SSSR count). The smallest absolute Gasteiger partial charge is 0.271 e. The molecule has 7 heteroatoms. The second-order valence-corrected chi connectivity index (χ2v) is 5.51. The van der Waals surface area contributed by atoms with Gasteiger partial charge in [-0.2, -0.15) is 5.10 Å². The van der Waals surface area contributed by atoms with Crippen molar-refractivity contribution in [1.82, 2.24) is 5.43 Å². The highest BCUT2D eigenvalue weighted by Gasteiger charge is 2.06. The molecule has 2 amide bonds. The number of hydrogen-bond donors (Lipinski definition) is 3. The largest absolute Gasteiger partial charge is 0.504 e. The Morgan fingerprint density at radius 3 is 2.54 bits per heavy atom. The molecule has 0 aliphatic carbocycles. The van der Waals surface area contributed by atoms with Crippen molar-refractivity contribution in [3.05, 3.63) is 53.6 Å². The van der Waals surface area contributed by atoms with Crippen LogP contribution in [0.25, 0.3) is 0 Å². The number of anilines is 1. The lowest BCUT2D eigenvalue weighted by Crippen LogP contribution is -2.17. The summed E-state index contributed by atoms with van der Waals surface area (Å²) in [6.07, 6.45) is 2.64. The number of benzene rings is 2. The van der Waals surface area contributed by atoms with Gasteiger partial charge in [0.05, 0.1) is 13.3 Å². The summed E-state index contributed by atoms with van der Waals surface area (Å²) in [7, 11) is 1.46. The maximum Gasteiger partial charge on any atom is 0.271 e. The van der Waals surface area contributed by atoms with Crippen LogP contribution in [0, 0.1) is 0 Å². The van der Waals surface area contributed by atoms with E-state index in [9.17, 15) is 14.7 Å². The Morgan fingerprint density at radius 1 is 1.19 bits per heavy atom. The molecule has 0 saturated carbocycles. The number of ether oxygens (including phenoxy) is 1. The molecule has 0 spiro atoms. The number of aromatic hydroxyl groups is 1. The van der Waals surface area contributed by atoms with Crippen LogP contribution >= 0.6 is 0 Å². The molecule has 0 aliphatic heterocycles. The third kappa shape index (κ3) is 5.34. The number of phenolic OH excluding ortho intramolecular Hbond substituents is 1. The number of amides is 2. The fourth-order valence-corrected chi connectivity index (χ4v) is 2.17. The fraction of sp³-hybridized carbons (Fsp3) is 0.211. The minimum absolute atomic E-state index is 0.0107. The van der Waals surface area contributed by atoms with Gasteiger partial charge in [0.25, 0.3) is 5.91 Å². The average molecular weight is 355 g/mol. The van der Waals surface area contributed by atoms with Crippen LogP contribution in [-0.4, -0.2) is 30.2 Å². The van der Waals surface area contributed by atoms with E-state index in [1.165, 1.54) is 19.4 Å². The number of hydrogen-bond acceptors (Lipinski definition) is 5. The van der Waals surface area contributed by atoms with Crippen LogP contribution in [0.3, 0.4) is 0 Å². The lowest BCUT2D eigenvalue weighted by molar-refractivity contribution is -0.116. The number of rotatable bonds is 7. The van der Waals surface area contributed by atoms with Gasteiger partial charge in [-0.3, -0.25) is 9.59 Å². The van der Waals surface area contributed by atoms with Gasteiger partial charge >= 0.3 is 0 Å². The van der Waals surface area contributed by atoms with Crippen LogP contribution in [0.4, 0.5) is 5.69 Å². The first-order valence-electron chi connectivity index (χ1n) is 8.13. The van der Waals surface area contributed by atoms with Gasteiger partial charge in [0.1, 0.15) is 0 Å². The van der Waals surface area contributed by atoms with Crippen LogP contribution in [0.2, 0.25) is 0 Å². The Labute approximate surface area is 151 Å². The van der Waals surface area contributed by atoms with Crippen molar-refractivity contribution in [2.75, 3.05) is 12.4 Å². The Morgan fingerprint density at radius 2 is 1.92 bits per heavy atom. The molecule has 0 aromatic heterocycles. The summed E-state index contributed by atoms with van der Waals surface area (Å²) in [6.45, 7) is 1.93. The van der Waals surface area contributed by atoms with Gasteiger partial charge in [-0.1, -0.05) is 6.92 Å². The molecule has 0 aliphatic rings. The molecular weight excluding hydrogens is 334 g/mol. The molecule has 0 bridgehead atoms. The van der Waals surface area contributed by atoms with Crippen molar-refractivity contribution in [3.8, 4) is 11.5 Å². The van der Waals surface area contributed by atoms with Crippen LogP contribution in [0.1, 0.15) is 35.7 Å². The number of carbonyl (C=O) groups excluding carboxylic acids is 2. The Hall–Kier alpha value is -3.35. The summed E-state index contributed by atoms with van der Waals surface area (Å²) >= 11 is 0. The average Bonchev–Trinajstić information content (AvgIpc) is 2.62. The first-order chi connectivity index (χ1) is 12.5. The topological polar surface area (TPSA) is 100 Å². The number of nitrogens with zero attached hydrogens (tertiary/aromatic N) is 1. The molecule has 0 saturated heterocycles. The number of carbonyl (C=O) groups is 2. The molecule has 136 valence electrons. The SMILES string of the molecule is CCCC(=O)Nc1ccc(C(=O)N/N=C/c2ccc(OC)c(O)c2)cc1. The number of hydrazone groups is 1. The molecule has 0 atom stereocenters. The zero-order chi connectivity index (χ0) is 18.9. The van der Waals surface area contributed by atoms with Gasteiger partial charge in [-0.05, 0) is 54.4 Å². The van der Waals surface area contributed by atoms with Crippen molar-refractivity contribution >= 4 is 23.7 Å². The van der Waals surface area contributed by atoms with Crippen molar-refractivity contribution in [2.24, 2.45) is 5.10 Å². The zero-order valence-corrected chi connectivity index (χ0v) is 14.7. The van der Waals surface area contributed by atoms with Crippen LogP contribution in [0.5, 0.6) is 11.5 Å². The number of phenols is 1. The van der Waals surface area contributed by atoms with Crippen LogP contribution in [-0.2, 0) is 4.79 Å². The van der Waals surface area contributed by atoms with Crippen molar-refractivity contribution in [2.45, 2.75) is 19.8 Å². The van der Waals surface area contributed by atoms with Crippen molar-refractivity contribution in [3.63, 3.8) is 0 Å². The summed E-state index contributed by atoms with van der Waals surface area (Å²) in [6, 6.07) is 11.3. The molecule has 0 heterocycles. The highest BCUT2D eigenvalue weighted by Crippen LogP contribution is 2.25. The third-order valence-corrected chi connectivity index (χ3v) is 3.49. The lowest BCUT2D eigenvalue weighted by atomic mass is 10.2. The van der Waals surface area contributed by atoms with Crippen LogP contribution < -0.4 is 15.5 Å².